The number of allylic oxidation sites excluding steroid dienone is 3. The second-order valence-electron chi connectivity index (χ2n) is 6.90. The number of hydrogen-bond acceptors (Lipinski definition) is 5. The molecule has 1 aliphatic heterocycles. The predicted molar refractivity (Wildman–Crippen MR) is 127 cm³/mol. The molecule has 158 valence electrons. The zero-order valence-corrected chi connectivity index (χ0v) is 19.7. The third kappa shape index (κ3) is 5.16. The molecule has 3 rings (SSSR count). The van der Waals surface area contributed by atoms with Crippen LogP contribution in [0.25, 0.3) is 0 Å². The van der Waals surface area contributed by atoms with Gasteiger partial charge in [0.1, 0.15) is 0 Å². The fourth-order valence-electron chi connectivity index (χ4n) is 3.41. The van der Waals surface area contributed by atoms with Gasteiger partial charge in [0.05, 0.1) is 33.4 Å². The Labute approximate surface area is 199 Å². The van der Waals surface area contributed by atoms with Gasteiger partial charge in [-0.25, -0.2) is 0 Å². The van der Waals surface area contributed by atoms with E-state index < -0.39 is 5.92 Å². The number of ketones is 2. The molecule has 4 nitrogen and oxygen atoms in total. The van der Waals surface area contributed by atoms with Crippen molar-refractivity contribution in [3.05, 3.63) is 90.5 Å². The number of halogens is 3. The lowest BCUT2D eigenvalue weighted by Crippen LogP contribution is -2.27. The van der Waals surface area contributed by atoms with Crippen LogP contribution in [0.15, 0.2) is 64.3 Å². The number of nitrogens with zero attached hydrogens (tertiary/aromatic N) is 1. The van der Waals surface area contributed by atoms with E-state index in [2.05, 4.69) is 11.4 Å². The number of nitrogens with one attached hydrogen (secondary N) is 1. The van der Waals surface area contributed by atoms with Gasteiger partial charge >= 0.3 is 0 Å². The van der Waals surface area contributed by atoms with Gasteiger partial charge in [-0.2, -0.15) is 5.26 Å². The highest BCUT2D eigenvalue weighted by molar-refractivity contribution is 8.03. The molecule has 0 fully saturated rings. The molecule has 0 saturated carbocycles. The Morgan fingerprint density at radius 2 is 1.74 bits per heavy atom. The fraction of sp³-hybridized carbons (Fsp3) is 0.174. The Hall–Kier alpha value is -2.23. The summed E-state index contributed by atoms with van der Waals surface area (Å²) in [4.78, 5) is 25.1. The predicted octanol–water partition coefficient (Wildman–Crippen LogP) is 6.55. The number of nitriles is 1. The smallest absolute Gasteiger partial charge is 0.174 e. The molecule has 0 unspecified atom stereocenters. The van der Waals surface area contributed by atoms with E-state index >= 15 is 0 Å². The quantitative estimate of drug-likeness (QED) is 0.464. The van der Waals surface area contributed by atoms with Gasteiger partial charge in [0.2, 0.25) is 0 Å². The van der Waals surface area contributed by atoms with Crippen LogP contribution in [0.4, 0.5) is 0 Å². The molecular formula is C23H17Cl3N2O2S. The highest BCUT2D eigenvalue weighted by Crippen LogP contribution is 2.41. The van der Waals surface area contributed by atoms with E-state index in [9.17, 15) is 14.9 Å². The molecule has 8 heteroatoms. The van der Waals surface area contributed by atoms with Gasteiger partial charge in [0, 0.05) is 26.9 Å². The summed E-state index contributed by atoms with van der Waals surface area (Å²) >= 11 is 19.3. The lowest BCUT2D eigenvalue weighted by molar-refractivity contribution is -0.113. The lowest BCUT2D eigenvalue weighted by atomic mass is 9.81. The van der Waals surface area contributed by atoms with E-state index in [1.165, 1.54) is 24.8 Å². The van der Waals surface area contributed by atoms with E-state index in [0.29, 0.717) is 37.5 Å². The SMILES string of the molecule is CC(=O)C1=C(C)NC(SCC(=O)c2ccc(Cl)cc2Cl)=C(C#N)[C@H]1c1ccc(Cl)cc1. The minimum Gasteiger partial charge on any atom is -0.353 e. The van der Waals surface area contributed by atoms with Crippen LogP contribution in [0, 0.1) is 11.3 Å². The second-order valence-corrected chi connectivity index (χ2v) is 9.16. The van der Waals surface area contributed by atoms with Gasteiger partial charge < -0.3 is 5.32 Å². The van der Waals surface area contributed by atoms with Crippen LogP contribution in [-0.4, -0.2) is 17.3 Å². The molecule has 1 aliphatic rings. The van der Waals surface area contributed by atoms with Gasteiger partial charge in [-0.3, -0.25) is 9.59 Å². The highest BCUT2D eigenvalue weighted by Gasteiger charge is 2.33. The molecule has 1 N–H and O–H groups in total. The zero-order chi connectivity index (χ0) is 22.7. The molecular weight excluding hydrogens is 475 g/mol. The number of thioether (sulfide) groups is 1. The van der Waals surface area contributed by atoms with Crippen LogP contribution in [0.5, 0.6) is 0 Å². The first-order chi connectivity index (χ1) is 14.7. The summed E-state index contributed by atoms with van der Waals surface area (Å²) < 4.78 is 0. The van der Waals surface area contributed by atoms with Gasteiger partial charge in [0.25, 0.3) is 0 Å². The lowest BCUT2D eigenvalue weighted by Gasteiger charge is -2.29. The van der Waals surface area contributed by atoms with E-state index in [0.717, 1.165) is 5.56 Å². The third-order valence-electron chi connectivity index (χ3n) is 4.81. The van der Waals surface area contributed by atoms with Crippen LogP contribution >= 0.6 is 46.6 Å². The van der Waals surface area contributed by atoms with Crippen molar-refractivity contribution in [3.63, 3.8) is 0 Å². The average molecular weight is 492 g/mol. The standard InChI is InChI=1S/C23H17Cl3N2O2S/c1-12-21(13(2)29)22(14-3-5-15(24)6-4-14)18(10-27)23(28-12)31-11-20(30)17-8-7-16(25)9-19(17)26/h3-9,22,28H,11H2,1-2H3/t22-/m1/s1. The Kier molecular flexibility index (Phi) is 7.51. The first-order valence-corrected chi connectivity index (χ1v) is 11.3. The summed E-state index contributed by atoms with van der Waals surface area (Å²) in [5.74, 6) is -0.811. The largest absolute Gasteiger partial charge is 0.353 e. The minimum absolute atomic E-state index is 0.0604. The maximum absolute atomic E-state index is 12.7. The van der Waals surface area contributed by atoms with Crippen molar-refractivity contribution in [2.45, 2.75) is 19.8 Å². The van der Waals surface area contributed by atoms with Crippen LogP contribution in [0.1, 0.15) is 35.7 Å². The van der Waals surface area contributed by atoms with Crippen molar-refractivity contribution >= 4 is 58.1 Å². The topological polar surface area (TPSA) is 70.0 Å². The summed E-state index contributed by atoms with van der Waals surface area (Å²) in [6.07, 6.45) is 0. The van der Waals surface area contributed by atoms with E-state index in [1.807, 2.05) is 0 Å². The molecule has 0 aliphatic carbocycles. The molecule has 2 aromatic carbocycles. The van der Waals surface area contributed by atoms with Gasteiger partial charge in [-0.1, -0.05) is 58.7 Å². The number of carbonyl (C=O) groups is 2. The van der Waals surface area contributed by atoms with Crippen molar-refractivity contribution in [2.24, 2.45) is 0 Å². The molecule has 1 atom stereocenters. The second kappa shape index (κ2) is 9.93. The van der Waals surface area contributed by atoms with E-state index in [4.69, 9.17) is 34.8 Å². The Balaban J connectivity index is 1.95. The normalized spacial score (nSPS) is 16.1. The van der Waals surface area contributed by atoms with Crippen molar-refractivity contribution in [1.29, 1.82) is 5.26 Å². The summed E-state index contributed by atoms with van der Waals surface area (Å²) in [7, 11) is 0. The molecule has 0 spiro atoms. The molecule has 0 bridgehead atoms. The Morgan fingerprint density at radius 1 is 1.10 bits per heavy atom. The number of Topliss-reactive ketones (excluding diaryl/α,β-unsaturated/α-hetero) is 2. The molecule has 1 heterocycles. The summed E-state index contributed by atoms with van der Waals surface area (Å²) in [6.45, 7) is 3.26. The first-order valence-electron chi connectivity index (χ1n) is 9.22. The van der Waals surface area contributed by atoms with Crippen LogP contribution in [0.2, 0.25) is 15.1 Å². The van der Waals surface area contributed by atoms with E-state index in [1.54, 1.807) is 43.3 Å². The molecule has 0 aromatic heterocycles. The summed E-state index contributed by atoms with van der Waals surface area (Å²) in [5.41, 5.74) is 2.66. The number of rotatable bonds is 6. The molecule has 0 saturated heterocycles. The molecule has 0 radical (unpaired) electrons. The minimum atomic E-state index is -0.544. The van der Waals surface area contributed by atoms with E-state index in [-0.39, 0.29) is 22.3 Å². The summed E-state index contributed by atoms with van der Waals surface area (Å²) in [6, 6.07) is 14.0. The van der Waals surface area contributed by atoms with Gasteiger partial charge in [-0.15, -0.1) is 0 Å². The third-order valence-corrected chi connectivity index (χ3v) is 6.63. The van der Waals surface area contributed by atoms with Gasteiger partial charge in [-0.05, 0) is 49.7 Å². The average Bonchev–Trinajstić information content (AvgIpc) is 2.71. The number of hydrogen-bond donors (Lipinski definition) is 1. The van der Waals surface area contributed by atoms with Crippen LogP contribution in [0.3, 0.4) is 0 Å². The van der Waals surface area contributed by atoms with Crippen molar-refractivity contribution < 1.29 is 9.59 Å². The molecule has 2 aromatic rings. The number of dihydropyridines is 1. The maximum atomic E-state index is 12.7. The Bertz CT molecular complexity index is 1160. The number of benzene rings is 2. The van der Waals surface area contributed by atoms with Crippen molar-refractivity contribution in [1.82, 2.24) is 5.32 Å². The summed E-state index contributed by atoms with van der Waals surface area (Å²) in [5, 5.41) is 14.9. The highest BCUT2D eigenvalue weighted by atomic mass is 35.5. The monoisotopic (exact) mass is 490 g/mol. The maximum Gasteiger partial charge on any atom is 0.174 e. The molecule has 0 amide bonds. The zero-order valence-electron chi connectivity index (χ0n) is 16.6. The van der Waals surface area contributed by atoms with Crippen LogP contribution in [-0.2, 0) is 4.79 Å². The molecule has 31 heavy (non-hydrogen) atoms. The van der Waals surface area contributed by atoms with Gasteiger partial charge in [0.15, 0.2) is 11.6 Å². The number of carbonyl (C=O) groups excluding carboxylic acids is 2. The fourth-order valence-corrected chi connectivity index (χ4v) is 5.03. The Morgan fingerprint density at radius 3 is 2.32 bits per heavy atom. The van der Waals surface area contributed by atoms with Crippen molar-refractivity contribution in [2.75, 3.05) is 5.75 Å². The first kappa shape index (κ1) is 23.4. The van der Waals surface area contributed by atoms with Crippen molar-refractivity contribution in [3.8, 4) is 6.07 Å². The van der Waals surface area contributed by atoms with Crippen LogP contribution < -0.4 is 5.32 Å².